The number of aliphatic imine (C=N–C) groups is 2. The lowest BCUT2D eigenvalue weighted by Crippen LogP contribution is -2.14. The second-order valence-corrected chi connectivity index (χ2v) is 5.31. The van der Waals surface area contributed by atoms with E-state index >= 15 is 0 Å². The molecular formula is C19H21N5. The molecule has 0 aromatic heterocycles. The van der Waals surface area contributed by atoms with Crippen molar-refractivity contribution in [2.24, 2.45) is 21.5 Å². The summed E-state index contributed by atoms with van der Waals surface area (Å²) in [6, 6.07) is 17.3. The minimum Gasteiger partial charge on any atom is -0.384 e. The molecule has 0 bridgehead atoms. The normalized spacial score (nSPS) is 12.5. The van der Waals surface area contributed by atoms with Crippen LogP contribution in [-0.4, -0.2) is 17.5 Å². The molecule has 122 valence electrons. The highest BCUT2D eigenvalue weighted by Crippen LogP contribution is 2.04. The van der Waals surface area contributed by atoms with Crippen LogP contribution in [-0.2, 0) is 6.54 Å². The third-order valence-corrected chi connectivity index (χ3v) is 3.28. The smallest absolute Gasteiger partial charge is 0.154 e. The van der Waals surface area contributed by atoms with E-state index < -0.39 is 0 Å². The van der Waals surface area contributed by atoms with Crippen molar-refractivity contribution >= 4 is 17.5 Å². The van der Waals surface area contributed by atoms with Gasteiger partial charge in [-0.15, -0.1) is 0 Å². The summed E-state index contributed by atoms with van der Waals surface area (Å²) in [5.41, 5.74) is 14.6. The Kier molecular flexibility index (Phi) is 6.02. The lowest BCUT2D eigenvalue weighted by molar-refractivity contribution is 1.06. The van der Waals surface area contributed by atoms with Gasteiger partial charge in [-0.3, -0.25) is 10.4 Å². The van der Waals surface area contributed by atoms with Crippen molar-refractivity contribution in [2.75, 3.05) is 0 Å². The molecule has 0 heterocycles. The number of amidine groups is 3. The molecule has 0 saturated carbocycles. The van der Waals surface area contributed by atoms with Crippen molar-refractivity contribution in [1.82, 2.24) is 0 Å². The zero-order chi connectivity index (χ0) is 17.4. The van der Waals surface area contributed by atoms with E-state index in [-0.39, 0.29) is 11.7 Å². The highest BCUT2D eigenvalue weighted by molar-refractivity contribution is 6.09. The lowest BCUT2D eigenvalue weighted by Gasteiger charge is -1.99. The third-order valence-electron chi connectivity index (χ3n) is 3.28. The predicted molar refractivity (Wildman–Crippen MR) is 101 cm³/mol. The van der Waals surface area contributed by atoms with Gasteiger partial charge in [0, 0.05) is 5.56 Å². The van der Waals surface area contributed by atoms with E-state index in [1.54, 1.807) is 24.3 Å². The van der Waals surface area contributed by atoms with E-state index in [1.807, 2.05) is 49.4 Å². The van der Waals surface area contributed by atoms with E-state index in [0.717, 1.165) is 5.56 Å². The fraction of sp³-hybridized carbons (Fsp3) is 0.105. The maximum Gasteiger partial charge on any atom is 0.154 e. The van der Waals surface area contributed by atoms with Crippen molar-refractivity contribution in [3.8, 4) is 0 Å². The van der Waals surface area contributed by atoms with Crippen LogP contribution in [0.5, 0.6) is 0 Å². The molecule has 5 heteroatoms. The zero-order valence-electron chi connectivity index (χ0n) is 13.6. The predicted octanol–water partition coefficient (Wildman–Crippen LogP) is 2.79. The summed E-state index contributed by atoms with van der Waals surface area (Å²) in [6.07, 6.45) is 3.14. The van der Waals surface area contributed by atoms with E-state index in [9.17, 15) is 0 Å². The molecule has 0 aliphatic rings. The van der Waals surface area contributed by atoms with Crippen LogP contribution in [0.3, 0.4) is 0 Å². The van der Waals surface area contributed by atoms with Crippen LogP contribution in [0.2, 0.25) is 0 Å². The van der Waals surface area contributed by atoms with Crippen LogP contribution < -0.4 is 11.5 Å². The van der Waals surface area contributed by atoms with Crippen LogP contribution in [0.15, 0.2) is 76.7 Å². The summed E-state index contributed by atoms with van der Waals surface area (Å²) in [4.78, 5) is 8.30. The van der Waals surface area contributed by atoms with Crippen LogP contribution in [0.25, 0.3) is 0 Å². The second kappa shape index (κ2) is 8.43. The Hall–Kier alpha value is -3.21. The van der Waals surface area contributed by atoms with E-state index in [0.29, 0.717) is 17.9 Å². The number of nitrogens with one attached hydrogen (secondary N) is 1. The number of hydrogen-bond donors (Lipinski definition) is 3. The van der Waals surface area contributed by atoms with Crippen molar-refractivity contribution in [1.29, 1.82) is 5.41 Å². The van der Waals surface area contributed by atoms with Gasteiger partial charge in [-0.1, -0.05) is 60.2 Å². The number of hydrogen-bond acceptors (Lipinski definition) is 2. The van der Waals surface area contributed by atoms with Gasteiger partial charge in [-0.25, -0.2) is 4.99 Å². The van der Waals surface area contributed by atoms with Gasteiger partial charge < -0.3 is 11.5 Å². The van der Waals surface area contributed by atoms with E-state index in [2.05, 4.69) is 9.98 Å². The Morgan fingerprint density at radius 1 is 0.958 bits per heavy atom. The third kappa shape index (κ3) is 5.53. The van der Waals surface area contributed by atoms with Crippen molar-refractivity contribution < 1.29 is 0 Å². The first kappa shape index (κ1) is 17.1. The summed E-state index contributed by atoms with van der Waals surface area (Å²) in [6.45, 7) is 2.55. The van der Waals surface area contributed by atoms with Crippen LogP contribution in [0.4, 0.5) is 0 Å². The first-order valence-corrected chi connectivity index (χ1v) is 7.56. The molecule has 5 nitrogen and oxygen atoms in total. The SMILES string of the molecule is Cc1ccc(CN=C(N)/C=C\C(N)=NC(=N)c2ccccc2)cc1. The monoisotopic (exact) mass is 319 g/mol. The van der Waals surface area contributed by atoms with Crippen LogP contribution in [0, 0.1) is 12.3 Å². The van der Waals surface area contributed by atoms with E-state index in [4.69, 9.17) is 16.9 Å². The Labute approximate surface area is 142 Å². The summed E-state index contributed by atoms with van der Waals surface area (Å²) in [5, 5.41) is 7.89. The highest BCUT2D eigenvalue weighted by Gasteiger charge is 1.98. The fourth-order valence-electron chi connectivity index (χ4n) is 1.93. The van der Waals surface area contributed by atoms with Crippen molar-refractivity contribution in [2.45, 2.75) is 13.5 Å². The molecule has 2 aromatic carbocycles. The molecular weight excluding hydrogens is 298 g/mol. The zero-order valence-corrected chi connectivity index (χ0v) is 13.6. The maximum absolute atomic E-state index is 7.89. The largest absolute Gasteiger partial charge is 0.384 e. The summed E-state index contributed by atoms with van der Waals surface area (Å²) in [5.74, 6) is 0.672. The van der Waals surface area contributed by atoms with Gasteiger partial charge >= 0.3 is 0 Å². The molecule has 0 spiro atoms. The lowest BCUT2D eigenvalue weighted by atomic mass is 10.1. The molecule has 0 atom stereocenters. The quantitative estimate of drug-likeness (QED) is 0.583. The van der Waals surface area contributed by atoms with Crippen molar-refractivity contribution in [3.63, 3.8) is 0 Å². The standard InChI is InChI=1S/C19H21N5/c1-14-7-9-15(10-8-14)13-23-17(20)11-12-18(21)24-19(22)16-5-3-2-4-6-16/h2-12H,13H2,1H3,(H2,20,23)(H3,21,22,24)/b12-11-. The van der Waals surface area contributed by atoms with Crippen LogP contribution >= 0.6 is 0 Å². The second-order valence-electron chi connectivity index (χ2n) is 5.31. The average molecular weight is 319 g/mol. The number of nitrogens with zero attached hydrogens (tertiary/aromatic N) is 2. The summed E-state index contributed by atoms with van der Waals surface area (Å²) < 4.78 is 0. The molecule has 0 amide bonds. The van der Waals surface area contributed by atoms with E-state index in [1.165, 1.54) is 5.56 Å². The topological polar surface area (TPSA) is 101 Å². The van der Waals surface area contributed by atoms with Gasteiger partial charge in [-0.05, 0) is 24.6 Å². The van der Waals surface area contributed by atoms with Gasteiger partial charge in [0.05, 0.1) is 6.54 Å². The van der Waals surface area contributed by atoms with Gasteiger partial charge in [0.2, 0.25) is 0 Å². The molecule has 0 aliphatic heterocycles. The Morgan fingerprint density at radius 2 is 1.58 bits per heavy atom. The minimum atomic E-state index is 0.105. The molecule has 0 radical (unpaired) electrons. The Balaban J connectivity index is 1.95. The number of nitrogens with two attached hydrogens (primary N) is 2. The molecule has 0 aliphatic carbocycles. The van der Waals surface area contributed by atoms with Gasteiger partial charge in [0.1, 0.15) is 11.7 Å². The first-order valence-electron chi connectivity index (χ1n) is 7.56. The molecule has 2 rings (SSSR count). The molecule has 24 heavy (non-hydrogen) atoms. The summed E-state index contributed by atoms with van der Waals surface area (Å²) >= 11 is 0. The van der Waals surface area contributed by atoms with Crippen molar-refractivity contribution in [3.05, 3.63) is 83.4 Å². The molecule has 5 N–H and O–H groups in total. The van der Waals surface area contributed by atoms with Gasteiger partial charge in [-0.2, -0.15) is 0 Å². The fourth-order valence-corrected chi connectivity index (χ4v) is 1.93. The highest BCUT2D eigenvalue weighted by atomic mass is 14.9. The molecule has 0 unspecified atom stereocenters. The molecule has 2 aromatic rings. The number of aryl methyl sites for hydroxylation is 1. The van der Waals surface area contributed by atoms with Crippen LogP contribution in [0.1, 0.15) is 16.7 Å². The van der Waals surface area contributed by atoms with Gasteiger partial charge in [0.15, 0.2) is 5.84 Å². The minimum absolute atomic E-state index is 0.105. The molecule has 0 saturated heterocycles. The Bertz CT molecular complexity index is 771. The average Bonchev–Trinajstić information content (AvgIpc) is 2.60. The number of rotatable bonds is 5. The summed E-state index contributed by atoms with van der Waals surface area (Å²) in [7, 11) is 0. The molecule has 0 fully saturated rings. The Morgan fingerprint density at radius 3 is 2.25 bits per heavy atom. The van der Waals surface area contributed by atoms with Gasteiger partial charge in [0.25, 0.3) is 0 Å². The number of benzene rings is 2. The first-order chi connectivity index (χ1) is 11.5. The maximum atomic E-state index is 7.89.